The van der Waals surface area contributed by atoms with Crippen LogP contribution in [-0.2, 0) is 32.7 Å². The van der Waals surface area contributed by atoms with E-state index >= 15 is 0 Å². The normalized spacial score (nSPS) is 10.7. The first-order valence-corrected chi connectivity index (χ1v) is 7.46. The third kappa shape index (κ3) is 3.56. The maximum atomic E-state index is 12.6. The van der Waals surface area contributed by atoms with Gasteiger partial charge in [0.05, 0.1) is 25.6 Å². The van der Waals surface area contributed by atoms with Gasteiger partial charge in [0.2, 0.25) is 5.78 Å². The van der Waals surface area contributed by atoms with Crippen molar-refractivity contribution in [3.8, 4) is 0 Å². The Bertz CT molecular complexity index is 728. The van der Waals surface area contributed by atoms with Crippen LogP contribution in [-0.4, -0.2) is 41.1 Å². The van der Waals surface area contributed by atoms with Crippen molar-refractivity contribution in [2.75, 3.05) is 14.2 Å². The monoisotopic (exact) mass is 332 g/mol. The molecule has 24 heavy (non-hydrogen) atoms. The van der Waals surface area contributed by atoms with Crippen LogP contribution in [0.25, 0.3) is 0 Å². The van der Waals surface area contributed by atoms with Crippen molar-refractivity contribution in [3.63, 3.8) is 0 Å². The molecule has 0 aliphatic heterocycles. The fourth-order valence-corrected chi connectivity index (χ4v) is 2.53. The van der Waals surface area contributed by atoms with Gasteiger partial charge in [0, 0.05) is 26.0 Å². The van der Waals surface area contributed by atoms with E-state index in [4.69, 9.17) is 0 Å². The molecule has 0 N–H and O–H groups in total. The minimum atomic E-state index is -1.01. The molecule has 0 aliphatic carbocycles. The molecule has 128 valence electrons. The van der Waals surface area contributed by atoms with Crippen LogP contribution < -0.4 is 0 Å². The van der Waals surface area contributed by atoms with E-state index < -0.39 is 17.9 Å². The van der Waals surface area contributed by atoms with E-state index in [9.17, 15) is 14.4 Å². The first kappa shape index (κ1) is 17.5. The molecule has 0 radical (unpaired) electrons. The molecule has 0 saturated heterocycles. The van der Waals surface area contributed by atoms with Gasteiger partial charge in [-0.25, -0.2) is 0 Å². The second-order valence-electron chi connectivity index (χ2n) is 5.31. The Morgan fingerprint density at radius 3 is 2.12 bits per heavy atom. The summed E-state index contributed by atoms with van der Waals surface area (Å²) in [7, 11) is 4.24. The zero-order valence-corrected chi connectivity index (χ0v) is 13.9. The zero-order valence-electron chi connectivity index (χ0n) is 13.9. The summed E-state index contributed by atoms with van der Waals surface area (Å²) in [6.07, 6.45) is 3.72. The molecular weight excluding hydrogens is 312 g/mol. The maximum Gasteiger partial charge on any atom is 0.320 e. The lowest BCUT2D eigenvalue weighted by atomic mass is 10.1. The summed E-state index contributed by atoms with van der Waals surface area (Å²) in [5.74, 6) is -2.44. The van der Waals surface area contributed by atoms with Gasteiger partial charge < -0.3 is 18.6 Å². The van der Waals surface area contributed by atoms with Crippen molar-refractivity contribution < 1.29 is 23.9 Å². The average Bonchev–Trinajstić information content (AvgIpc) is 3.22. The largest absolute Gasteiger partial charge is 0.468 e. The Morgan fingerprint density at radius 2 is 1.58 bits per heavy atom. The molecule has 0 atom stereocenters. The Labute approximate surface area is 139 Å². The highest BCUT2D eigenvalue weighted by atomic mass is 16.5. The van der Waals surface area contributed by atoms with Crippen molar-refractivity contribution >= 4 is 17.7 Å². The molecule has 0 fully saturated rings. The standard InChI is InChI=1S/C17H20N2O5/c1-18-9-4-6-13(18)15(20)14-7-5-10-19(14)11-8-12(16(21)23-2)17(22)24-3/h4-7,9-10,12H,8,11H2,1-3H3. The fourth-order valence-electron chi connectivity index (χ4n) is 2.53. The highest BCUT2D eigenvalue weighted by molar-refractivity contribution is 6.07. The summed E-state index contributed by atoms with van der Waals surface area (Å²) in [6, 6.07) is 7.00. The molecule has 0 amide bonds. The quantitative estimate of drug-likeness (QED) is 0.435. The molecule has 0 spiro atoms. The topological polar surface area (TPSA) is 79.5 Å². The maximum absolute atomic E-state index is 12.6. The van der Waals surface area contributed by atoms with Crippen molar-refractivity contribution in [1.29, 1.82) is 0 Å². The smallest absolute Gasteiger partial charge is 0.320 e. The summed E-state index contributed by atoms with van der Waals surface area (Å²) < 4.78 is 12.7. The Morgan fingerprint density at radius 1 is 1.00 bits per heavy atom. The molecule has 0 aliphatic rings. The summed E-state index contributed by atoms with van der Waals surface area (Å²) in [4.78, 5) is 36.0. The van der Waals surface area contributed by atoms with Crippen molar-refractivity contribution in [2.24, 2.45) is 13.0 Å². The summed E-state index contributed by atoms with van der Waals surface area (Å²) in [5, 5.41) is 0. The van der Waals surface area contributed by atoms with Crippen molar-refractivity contribution in [3.05, 3.63) is 48.0 Å². The van der Waals surface area contributed by atoms with E-state index in [1.165, 1.54) is 14.2 Å². The number of methoxy groups -OCH3 is 2. The number of carbonyl (C=O) groups excluding carboxylic acids is 3. The summed E-state index contributed by atoms with van der Waals surface area (Å²) >= 11 is 0. The zero-order chi connectivity index (χ0) is 17.7. The average molecular weight is 332 g/mol. The van der Waals surface area contributed by atoms with Gasteiger partial charge >= 0.3 is 11.9 Å². The van der Waals surface area contributed by atoms with Crippen LogP contribution in [0.3, 0.4) is 0 Å². The van der Waals surface area contributed by atoms with Gasteiger partial charge in [-0.15, -0.1) is 0 Å². The molecule has 2 aromatic heterocycles. The lowest BCUT2D eigenvalue weighted by Gasteiger charge is -2.14. The van der Waals surface area contributed by atoms with Crippen LogP contribution in [0.15, 0.2) is 36.7 Å². The number of esters is 2. The van der Waals surface area contributed by atoms with E-state index in [1.54, 1.807) is 52.8 Å². The SMILES string of the molecule is COC(=O)C(CCn1cccc1C(=O)c1cccn1C)C(=O)OC. The van der Waals surface area contributed by atoms with Gasteiger partial charge in [-0.05, 0) is 30.7 Å². The highest BCUT2D eigenvalue weighted by Gasteiger charge is 2.28. The molecule has 0 unspecified atom stereocenters. The van der Waals surface area contributed by atoms with Gasteiger partial charge in [-0.1, -0.05) is 0 Å². The lowest BCUT2D eigenvalue weighted by molar-refractivity contribution is -0.159. The number of nitrogens with zero attached hydrogens (tertiary/aromatic N) is 2. The van der Waals surface area contributed by atoms with Crippen molar-refractivity contribution in [2.45, 2.75) is 13.0 Å². The Kier molecular flexibility index (Phi) is 5.57. The van der Waals surface area contributed by atoms with Gasteiger partial charge in [0.25, 0.3) is 0 Å². The van der Waals surface area contributed by atoms with E-state index in [-0.39, 0.29) is 12.2 Å². The first-order valence-electron chi connectivity index (χ1n) is 7.46. The number of rotatable bonds is 7. The molecule has 7 heteroatoms. The number of aromatic nitrogens is 2. The second-order valence-corrected chi connectivity index (χ2v) is 5.31. The Hall–Kier alpha value is -2.83. The molecule has 2 rings (SSSR count). The van der Waals surface area contributed by atoms with Gasteiger partial charge in [0.15, 0.2) is 5.92 Å². The van der Waals surface area contributed by atoms with Crippen LogP contribution in [0.4, 0.5) is 0 Å². The number of hydrogen-bond donors (Lipinski definition) is 0. The second kappa shape index (κ2) is 7.63. The predicted molar refractivity (Wildman–Crippen MR) is 85.4 cm³/mol. The van der Waals surface area contributed by atoms with Gasteiger partial charge in [-0.2, -0.15) is 0 Å². The predicted octanol–water partition coefficient (Wildman–Crippen LogP) is 1.41. The molecular formula is C17H20N2O5. The number of hydrogen-bond acceptors (Lipinski definition) is 5. The molecule has 2 heterocycles. The third-order valence-electron chi connectivity index (χ3n) is 3.87. The van der Waals surface area contributed by atoms with Crippen LogP contribution in [0, 0.1) is 5.92 Å². The molecule has 0 bridgehead atoms. The third-order valence-corrected chi connectivity index (χ3v) is 3.87. The molecule has 7 nitrogen and oxygen atoms in total. The van der Waals surface area contributed by atoms with E-state index in [0.29, 0.717) is 17.9 Å². The summed E-state index contributed by atoms with van der Waals surface area (Å²) in [6.45, 7) is 0.313. The molecule has 0 aromatic carbocycles. The van der Waals surface area contributed by atoms with Crippen molar-refractivity contribution in [1.82, 2.24) is 9.13 Å². The highest BCUT2D eigenvalue weighted by Crippen LogP contribution is 2.15. The molecule has 0 saturated carbocycles. The first-order chi connectivity index (χ1) is 11.5. The number of ketones is 1. The summed E-state index contributed by atoms with van der Waals surface area (Å²) in [5.41, 5.74) is 1.05. The van der Waals surface area contributed by atoms with Crippen LogP contribution in [0.5, 0.6) is 0 Å². The Balaban J connectivity index is 2.16. The number of ether oxygens (including phenoxy) is 2. The van der Waals surface area contributed by atoms with Crippen LogP contribution in [0.2, 0.25) is 0 Å². The van der Waals surface area contributed by atoms with E-state index in [2.05, 4.69) is 9.47 Å². The van der Waals surface area contributed by atoms with E-state index in [1.807, 2.05) is 0 Å². The van der Waals surface area contributed by atoms with Gasteiger partial charge in [0.1, 0.15) is 0 Å². The number of aryl methyl sites for hydroxylation is 2. The molecule has 2 aromatic rings. The minimum absolute atomic E-state index is 0.125. The minimum Gasteiger partial charge on any atom is -0.468 e. The lowest BCUT2D eigenvalue weighted by Crippen LogP contribution is -2.28. The van der Waals surface area contributed by atoms with Gasteiger partial charge in [-0.3, -0.25) is 14.4 Å². The van der Waals surface area contributed by atoms with Crippen LogP contribution in [0.1, 0.15) is 22.6 Å². The van der Waals surface area contributed by atoms with E-state index in [0.717, 1.165) is 0 Å². The van der Waals surface area contributed by atoms with Crippen LogP contribution >= 0.6 is 0 Å². The fraction of sp³-hybridized carbons (Fsp3) is 0.353. The number of carbonyl (C=O) groups is 3.